The molecule has 9 heteroatoms. The van der Waals surface area contributed by atoms with Crippen molar-refractivity contribution < 1.29 is 4.42 Å². The van der Waals surface area contributed by atoms with Crippen molar-refractivity contribution in [1.29, 1.82) is 0 Å². The first-order valence-electron chi connectivity index (χ1n) is 7.68. The summed E-state index contributed by atoms with van der Waals surface area (Å²) in [6, 6.07) is 7.15. The van der Waals surface area contributed by atoms with E-state index in [1.54, 1.807) is 29.8 Å². The van der Waals surface area contributed by atoms with E-state index in [-0.39, 0.29) is 0 Å². The number of imidazole rings is 1. The highest BCUT2D eigenvalue weighted by atomic mass is 16.4. The van der Waals surface area contributed by atoms with Gasteiger partial charge in [0.25, 0.3) is 5.56 Å². The first kappa shape index (κ1) is 15.2. The largest absolute Gasteiger partial charge is 0.420 e. The zero-order valence-electron chi connectivity index (χ0n) is 13.7. The molecule has 3 heterocycles. The van der Waals surface area contributed by atoms with Crippen molar-refractivity contribution in [2.45, 2.75) is 13.1 Å². The van der Waals surface area contributed by atoms with Crippen molar-refractivity contribution in [2.75, 3.05) is 0 Å². The number of aromatic nitrogens is 5. The van der Waals surface area contributed by atoms with Gasteiger partial charge in [-0.15, -0.1) is 0 Å². The number of rotatable bonds is 3. The van der Waals surface area contributed by atoms with Crippen molar-refractivity contribution >= 4 is 22.3 Å². The number of benzene rings is 1. The molecular formula is C16H15N5O4. The Kier molecular flexibility index (Phi) is 3.24. The summed E-state index contributed by atoms with van der Waals surface area (Å²) in [4.78, 5) is 40.6. The van der Waals surface area contributed by atoms with Gasteiger partial charge in [0.15, 0.2) is 16.7 Å². The molecule has 4 aromatic rings. The average Bonchev–Trinajstić information content (AvgIpc) is 3.17. The van der Waals surface area contributed by atoms with Gasteiger partial charge in [-0.25, -0.2) is 14.6 Å². The van der Waals surface area contributed by atoms with E-state index in [2.05, 4.69) is 4.98 Å². The molecule has 4 rings (SSSR count). The molecule has 0 spiro atoms. The van der Waals surface area contributed by atoms with Crippen molar-refractivity contribution in [3.8, 4) is 0 Å². The van der Waals surface area contributed by atoms with E-state index in [9.17, 15) is 14.4 Å². The summed E-state index contributed by atoms with van der Waals surface area (Å²) in [7, 11) is 2.99. The normalized spacial score (nSPS) is 11.6. The third-order valence-electron chi connectivity index (χ3n) is 4.36. The summed E-state index contributed by atoms with van der Waals surface area (Å²) in [6.07, 6.45) is 1.50. The molecule has 0 bridgehead atoms. The molecule has 0 saturated heterocycles. The van der Waals surface area contributed by atoms with Gasteiger partial charge in [0, 0.05) is 27.2 Å². The Hall–Kier alpha value is -3.36. The summed E-state index contributed by atoms with van der Waals surface area (Å²) < 4.78 is 10.7. The first-order chi connectivity index (χ1) is 12.0. The highest BCUT2D eigenvalue weighted by Crippen LogP contribution is 2.12. The molecule has 25 heavy (non-hydrogen) atoms. The smallest absolute Gasteiger partial charge is 0.408 e. The van der Waals surface area contributed by atoms with Gasteiger partial charge in [0.05, 0.1) is 11.8 Å². The maximum absolute atomic E-state index is 12.4. The van der Waals surface area contributed by atoms with Crippen LogP contribution in [0.2, 0.25) is 0 Å². The predicted octanol–water partition coefficient (Wildman–Crippen LogP) is 0.0418. The molecule has 0 atom stereocenters. The highest BCUT2D eigenvalue weighted by molar-refractivity contribution is 5.72. The fourth-order valence-corrected chi connectivity index (χ4v) is 3.00. The van der Waals surface area contributed by atoms with Crippen LogP contribution in [0.25, 0.3) is 22.3 Å². The maximum Gasteiger partial charge on any atom is 0.420 e. The molecule has 3 aromatic heterocycles. The van der Waals surface area contributed by atoms with E-state index < -0.39 is 17.0 Å². The van der Waals surface area contributed by atoms with Gasteiger partial charge in [0.1, 0.15) is 0 Å². The molecule has 128 valence electrons. The Balaban J connectivity index is 1.80. The van der Waals surface area contributed by atoms with Crippen molar-refractivity contribution in [1.82, 2.24) is 23.3 Å². The van der Waals surface area contributed by atoms with E-state index in [0.29, 0.717) is 35.4 Å². The van der Waals surface area contributed by atoms with Crippen LogP contribution in [0.15, 0.2) is 49.4 Å². The van der Waals surface area contributed by atoms with Gasteiger partial charge in [-0.1, -0.05) is 12.1 Å². The standard InChI is InChI=1S/C16H15N5O4/c1-18-13-12(14(22)19(2)15(18)23)20(9-17-13)7-8-21-10-5-3-4-6-11(10)25-16(21)24/h3-6,9H,7-8H2,1-2H3. The van der Waals surface area contributed by atoms with Gasteiger partial charge in [-0.3, -0.25) is 18.5 Å². The number of oxazole rings is 1. The van der Waals surface area contributed by atoms with Crippen LogP contribution in [-0.2, 0) is 27.2 Å². The summed E-state index contributed by atoms with van der Waals surface area (Å²) >= 11 is 0. The summed E-state index contributed by atoms with van der Waals surface area (Å²) in [6.45, 7) is 0.653. The van der Waals surface area contributed by atoms with Crippen LogP contribution in [0.3, 0.4) is 0 Å². The predicted molar refractivity (Wildman–Crippen MR) is 90.7 cm³/mol. The molecule has 0 saturated carbocycles. The topological polar surface area (TPSA) is 97.0 Å². The van der Waals surface area contributed by atoms with Crippen molar-refractivity contribution in [3.63, 3.8) is 0 Å². The molecule has 0 N–H and O–H groups in total. The fourth-order valence-electron chi connectivity index (χ4n) is 3.00. The van der Waals surface area contributed by atoms with E-state index in [4.69, 9.17) is 4.42 Å². The molecule has 0 fully saturated rings. The Labute approximate surface area is 140 Å². The van der Waals surface area contributed by atoms with E-state index in [1.807, 2.05) is 6.07 Å². The van der Waals surface area contributed by atoms with E-state index >= 15 is 0 Å². The maximum atomic E-state index is 12.4. The number of hydrogen-bond donors (Lipinski definition) is 0. The monoisotopic (exact) mass is 341 g/mol. The lowest BCUT2D eigenvalue weighted by molar-refractivity contribution is 0.486. The molecule has 0 aliphatic heterocycles. The van der Waals surface area contributed by atoms with Crippen LogP contribution in [-0.4, -0.2) is 23.3 Å². The second kappa shape index (κ2) is 5.33. The average molecular weight is 341 g/mol. The minimum atomic E-state index is -0.453. The lowest BCUT2D eigenvalue weighted by Gasteiger charge is -2.07. The van der Waals surface area contributed by atoms with Crippen LogP contribution in [0.5, 0.6) is 0 Å². The van der Waals surface area contributed by atoms with E-state index in [1.165, 1.54) is 22.5 Å². The Bertz CT molecular complexity index is 1280. The summed E-state index contributed by atoms with van der Waals surface area (Å²) in [5.74, 6) is -0.453. The lowest BCUT2D eigenvalue weighted by atomic mass is 10.3. The highest BCUT2D eigenvalue weighted by Gasteiger charge is 2.15. The number of nitrogens with zero attached hydrogens (tertiary/aromatic N) is 5. The first-order valence-corrected chi connectivity index (χ1v) is 7.68. The quantitative estimate of drug-likeness (QED) is 0.524. The van der Waals surface area contributed by atoms with Crippen LogP contribution < -0.4 is 17.0 Å². The van der Waals surface area contributed by atoms with Crippen LogP contribution >= 0.6 is 0 Å². The summed E-state index contributed by atoms with van der Waals surface area (Å²) in [5, 5.41) is 0. The zero-order valence-corrected chi connectivity index (χ0v) is 13.7. The minimum absolute atomic E-state index is 0.313. The van der Waals surface area contributed by atoms with Crippen LogP contribution in [0.1, 0.15) is 0 Å². The van der Waals surface area contributed by atoms with Crippen molar-refractivity contribution in [2.24, 2.45) is 14.1 Å². The number of para-hydroxylation sites is 2. The molecular weight excluding hydrogens is 326 g/mol. The third kappa shape index (κ3) is 2.16. The van der Waals surface area contributed by atoms with Gasteiger partial charge in [0.2, 0.25) is 0 Å². The SMILES string of the molecule is Cn1c(=O)c2c(ncn2CCn2c(=O)oc3ccccc32)n(C)c1=O. The Morgan fingerprint density at radius 3 is 2.60 bits per heavy atom. The van der Waals surface area contributed by atoms with E-state index in [0.717, 1.165) is 4.57 Å². The Morgan fingerprint density at radius 2 is 1.80 bits per heavy atom. The molecule has 0 radical (unpaired) electrons. The van der Waals surface area contributed by atoms with Gasteiger partial charge >= 0.3 is 11.4 Å². The molecule has 1 aromatic carbocycles. The Morgan fingerprint density at radius 1 is 1.04 bits per heavy atom. The second-order valence-corrected chi connectivity index (χ2v) is 5.80. The molecule has 9 nitrogen and oxygen atoms in total. The lowest BCUT2D eigenvalue weighted by Crippen LogP contribution is -2.37. The minimum Gasteiger partial charge on any atom is -0.408 e. The number of hydrogen-bond acceptors (Lipinski definition) is 5. The van der Waals surface area contributed by atoms with Crippen LogP contribution in [0, 0.1) is 0 Å². The van der Waals surface area contributed by atoms with Crippen molar-refractivity contribution in [3.05, 3.63) is 62.0 Å². The second-order valence-electron chi connectivity index (χ2n) is 5.80. The fraction of sp³-hybridized carbons (Fsp3) is 0.250. The molecule has 0 aliphatic rings. The van der Waals surface area contributed by atoms with Gasteiger partial charge in [-0.05, 0) is 12.1 Å². The molecule has 0 unspecified atom stereocenters. The van der Waals surface area contributed by atoms with Gasteiger partial charge < -0.3 is 8.98 Å². The van der Waals surface area contributed by atoms with Gasteiger partial charge in [-0.2, -0.15) is 0 Å². The molecule has 0 aliphatic carbocycles. The number of fused-ring (bicyclic) bond motifs is 2. The number of aryl methyl sites for hydroxylation is 3. The summed E-state index contributed by atoms with van der Waals surface area (Å²) in [5.41, 5.74) is 1.00. The molecule has 0 amide bonds. The zero-order chi connectivity index (χ0) is 17.7. The third-order valence-corrected chi connectivity index (χ3v) is 4.36. The van der Waals surface area contributed by atoms with Crippen LogP contribution in [0.4, 0.5) is 0 Å².